The molecule has 1 N–H and O–H groups in total. The third-order valence-corrected chi connectivity index (χ3v) is 3.99. The van der Waals surface area contributed by atoms with Crippen LogP contribution in [-0.4, -0.2) is 57.1 Å². The Labute approximate surface area is 162 Å². The number of amides is 1. The van der Waals surface area contributed by atoms with Gasteiger partial charge in [0.25, 0.3) is 5.91 Å². The first-order valence-electron chi connectivity index (χ1n) is 7.17. The van der Waals surface area contributed by atoms with E-state index >= 15 is 0 Å². The number of hydrogen-bond acceptors (Lipinski definition) is 8. The van der Waals surface area contributed by atoms with Crippen molar-refractivity contribution < 1.29 is 24.4 Å². The summed E-state index contributed by atoms with van der Waals surface area (Å²) in [4.78, 5) is 42.9. The molecule has 10 nitrogen and oxygen atoms in total. The maximum absolute atomic E-state index is 12.2. The molecule has 1 heterocycles. The number of carboxylic acid groups (broad SMARTS) is 1. The van der Waals surface area contributed by atoms with Crippen molar-refractivity contribution in [2.75, 3.05) is 20.4 Å². The normalized spacial score (nSPS) is 10.4. The summed E-state index contributed by atoms with van der Waals surface area (Å²) < 4.78 is 5.43. The fraction of sp³-hybridized carbons (Fsp3) is 0.200. The van der Waals surface area contributed by atoms with Crippen LogP contribution in [0.2, 0.25) is 5.15 Å². The molecule has 2 rings (SSSR count). The van der Waals surface area contributed by atoms with Crippen LogP contribution in [0.4, 0.5) is 5.69 Å². The molecule has 0 atom stereocenters. The zero-order valence-corrected chi connectivity index (χ0v) is 15.9. The number of ether oxygens (including phenoxy) is 1. The van der Waals surface area contributed by atoms with E-state index in [1.807, 2.05) is 0 Å². The van der Waals surface area contributed by atoms with Crippen LogP contribution < -0.4 is 4.74 Å². The number of carboxylic acids is 1. The van der Waals surface area contributed by atoms with Gasteiger partial charge in [0.1, 0.15) is 5.75 Å². The first-order chi connectivity index (χ1) is 12.6. The van der Waals surface area contributed by atoms with E-state index in [9.17, 15) is 24.8 Å². The molecule has 1 aromatic heterocycles. The largest absolute Gasteiger partial charge is 0.478 e. The monoisotopic (exact) mass is 412 g/mol. The predicted octanol–water partition coefficient (Wildman–Crippen LogP) is 2.95. The second kappa shape index (κ2) is 8.18. The zero-order chi connectivity index (χ0) is 20.3. The van der Waals surface area contributed by atoms with Crippen LogP contribution in [0.1, 0.15) is 20.7 Å². The van der Waals surface area contributed by atoms with Crippen LogP contribution in [0.5, 0.6) is 11.6 Å². The van der Waals surface area contributed by atoms with Crippen LogP contribution in [0, 0.1) is 10.1 Å². The molecular weight excluding hydrogens is 400 g/mol. The SMILES string of the molecule is CSc1nc(Cl)c([N+](=O)[O-])c(Oc2cc(C(=O)O)cc(C(=O)N(C)C)c2)n1. The van der Waals surface area contributed by atoms with Crippen molar-refractivity contribution >= 4 is 40.9 Å². The number of thioether (sulfide) groups is 1. The molecular formula is C15H13ClN4O6S. The highest BCUT2D eigenvalue weighted by Crippen LogP contribution is 2.36. The Balaban J connectivity index is 2.60. The highest BCUT2D eigenvalue weighted by molar-refractivity contribution is 7.98. The number of rotatable bonds is 6. The second-order valence-corrected chi connectivity index (χ2v) is 6.40. The van der Waals surface area contributed by atoms with Gasteiger partial charge in [-0.2, -0.15) is 4.98 Å². The molecule has 0 fully saturated rings. The smallest absolute Gasteiger partial charge is 0.368 e. The molecule has 0 aliphatic heterocycles. The maximum atomic E-state index is 12.2. The van der Waals surface area contributed by atoms with Crippen molar-refractivity contribution in [3.8, 4) is 11.6 Å². The standard InChI is InChI=1S/C15H13ClN4O6S/c1-19(2)13(21)7-4-8(14(22)23)6-9(5-7)26-12-10(20(24)25)11(16)17-15(18-12)27-3/h4-6H,1-3H3,(H,22,23). The molecule has 12 heteroatoms. The Morgan fingerprint density at radius 1 is 1.26 bits per heavy atom. The van der Waals surface area contributed by atoms with E-state index in [2.05, 4.69) is 9.97 Å². The van der Waals surface area contributed by atoms with Gasteiger partial charge < -0.3 is 14.7 Å². The van der Waals surface area contributed by atoms with Gasteiger partial charge in [0.15, 0.2) is 5.16 Å². The minimum atomic E-state index is -1.30. The average molecular weight is 413 g/mol. The molecule has 1 aromatic carbocycles. The van der Waals surface area contributed by atoms with E-state index in [1.54, 1.807) is 6.26 Å². The van der Waals surface area contributed by atoms with Gasteiger partial charge >= 0.3 is 17.5 Å². The van der Waals surface area contributed by atoms with Gasteiger partial charge in [-0.25, -0.2) is 9.78 Å². The summed E-state index contributed by atoms with van der Waals surface area (Å²) in [6, 6.07) is 3.55. The third kappa shape index (κ3) is 4.63. The predicted molar refractivity (Wildman–Crippen MR) is 97.0 cm³/mol. The summed E-state index contributed by atoms with van der Waals surface area (Å²) in [5, 5.41) is 20.2. The molecule has 0 saturated heterocycles. The van der Waals surface area contributed by atoms with Gasteiger partial charge in [-0.15, -0.1) is 0 Å². The Kier molecular flexibility index (Phi) is 6.18. The highest BCUT2D eigenvalue weighted by Gasteiger charge is 2.26. The highest BCUT2D eigenvalue weighted by atomic mass is 35.5. The summed E-state index contributed by atoms with van der Waals surface area (Å²) >= 11 is 6.92. The van der Waals surface area contributed by atoms with Crippen molar-refractivity contribution in [3.63, 3.8) is 0 Å². The number of aromatic nitrogens is 2. The molecule has 1 amide bonds. The molecule has 2 aromatic rings. The summed E-state index contributed by atoms with van der Waals surface area (Å²) in [5.74, 6) is -2.35. The van der Waals surface area contributed by atoms with E-state index in [-0.39, 0.29) is 22.0 Å². The molecule has 0 bridgehead atoms. The lowest BCUT2D eigenvalue weighted by Gasteiger charge is -2.13. The Bertz CT molecular complexity index is 937. The number of halogens is 1. The number of aromatic carboxylic acids is 1. The van der Waals surface area contributed by atoms with Crippen LogP contribution in [0.3, 0.4) is 0 Å². The summed E-state index contributed by atoms with van der Waals surface area (Å²) in [5.41, 5.74) is -0.871. The Morgan fingerprint density at radius 2 is 1.89 bits per heavy atom. The van der Waals surface area contributed by atoms with Crippen LogP contribution >= 0.6 is 23.4 Å². The lowest BCUT2D eigenvalue weighted by atomic mass is 10.1. The molecule has 0 radical (unpaired) electrons. The molecule has 0 spiro atoms. The van der Waals surface area contributed by atoms with Gasteiger partial charge in [-0.1, -0.05) is 23.4 Å². The van der Waals surface area contributed by atoms with E-state index in [1.165, 1.54) is 31.1 Å². The minimum absolute atomic E-state index is 0.0304. The molecule has 0 aliphatic rings. The number of nitro groups is 1. The van der Waals surface area contributed by atoms with E-state index in [4.69, 9.17) is 16.3 Å². The van der Waals surface area contributed by atoms with E-state index in [0.717, 1.165) is 17.8 Å². The van der Waals surface area contributed by atoms with E-state index < -0.39 is 33.5 Å². The summed E-state index contributed by atoms with van der Waals surface area (Å²) in [6.07, 6.45) is 1.64. The van der Waals surface area contributed by atoms with Crippen molar-refractivity contribution in [3.05, 3.63) is 44.6 Å². The van der Waals surface area contributed by atoms with Crippen molar-refractivity contribution in [2.45, 2.75) is 5.16 Å². The van der Waals surface area contributed by atoms with Crippen LogP contribution in [-0.2, 0) is 0 Å². The quantitative estimate of drug-likeness (QED) is 0.249. The number of carbonyl (C=O) groups is 2. The fourth-order valence-corrected chi connectivity index (χ4v) is 2.62. The summed E-state index contributed by atoms with van der Waals surface area (Å²) in [6.45, 7) is 0. The zero-order valence-electron chi connectivity index (χ0n) is 14.3. The Morgan fingerprint density at radius 3 is 2.41 bits per heavy atom. The van der Waals surface area contributed by atoms with Gasteiger partial charge in [0, 0.05) is 19.7 Å². The first-order valence-corrected chi connectivity index (χ1v) is 8.78. The number of benzene rings is 1. The van der Waals surface area contributed by atoms with Crippen LogP contribution in [0.15, 0.2) is 23.4 Å². The number of carbonyl (C=O) groups excluding carboxylic acids is 1. The minimum Gasteiger partial charge on any atom is -0.478 e. The van der Waals surface area contributed by atoms with Gasteiger partial charge in [0.2, 0.25) is 5.15 Å². The van der Waals surface area contributed by atoms with Crippen molar-refractivity contribution in [1.29, 1.82) is 0 Å². The number of nitrogens with zero attached hydrogens (tertiary/aromatic N) is 4. The molecule has 0 unspecified atom stereocenters. The molecule has 0 saturated carbocycles. The number of hydrogen-bond donors (Lipinski definition) is 1. The van der Waals surface area contributed by atoms with Gasteiger partial charge in [0.05, 0.1) is 10.5 Å². The molecule has 142 valence electrons. The third-order valence-electron chi connectivity index (χ3n) is 3.18. The molecule has 0 aliphatic carbocycles. The first kappa shape index (κ1) is 20.4. The van der Waals surface area contributed by atoms with Gasteiger partial charge in [-0.05, 0) is 24.5 Å². The lowest BCUT2D eigenvalue weighted by Crippen LogP contribution is -2.22. The van der Waals surface area contributed by atoms with Crippen molar-refractivity contribution in [1.82, 2.24) is 14.9 Å². The fourth-order valence-electron chi connectivity index (χ4n) is 1.98. The summed E-state index contributed by atoms with van der Waals surface area (Å²) in [7, 11) is 2.99. The average Bonchev–Trinajstić information content (AvgIpc) is 2.59. The second-order valence-electron chi connectivity index (χ2n) is 5.26. The van der Waals surface area contributed by atoms with Crippen LogP contribution in [0.25, 0.3) is 0 Å². The lowest BCUT2D eigenvalue weighted by molar-refractivity contribution is -0.386. The van der Waals surface area contributed by atoms with Crippen molar-refractivity contribution in [2.24, 2.45) is 0 Å². The molecule has 27 heavy (non-hydrogen) atoms. The van der Waals surface area contributed by atoms with Gasteiger partial charge in [-0.3, -0.25) is 14.9 Å². The topological polar surface area (TPSA) is 136 Å². The maximum Gasteiger partial charge on any atom is 0.368 e. The van der Waals surface area contributed by atoms with E-state index in [0.29, 0.717) is 0 Å². The Hall–Kier alpha value is -2.92.